The van der Waals surface area contributed by atoms with Crippen molar-refractivity contribution in [2.75, 3.05) is 39.3 Å². The van der Waals surface area contributed by atoms with Gasteiger partial charge in [0.05, 0.1) is 0 Å². The number of carbonyl (C=O) groups excluding carboxylic acids is 2. The number of carbonyl (C=O) groups is 2. The van der Waals surface area contributed by atoms with Crippen molar-refractivity contribution in [3.63, 3.8) is 0 Å². The van der Waals surface area contributed by atoms with E-state index >= 15 is 0 Å². The molecule has 0 rings (SSSR count). The summed E-state index contributed by atoms with van der Waals surface area (Å²) in [6, 6.07) is 0. The van der Waals surface area contributed by atoms with Crippen LogP contribution in [0.25, 0.3) is 0 Å². The Morgan fingerprint density at radius 1 is 0.455 bits per heavy atom. The Labute approximate surface area is 300 Å². The molecule has 18 N–H and O–H groups in total. The zero-order valence-electron chi connectivity index (χ0n) is 28.6. The molecule has 0 atom stereocenters. The Morgan fingerprint density at radius 3 is 1.00 bits per heavy atom. The molecule has 0 aliphatic carbocycles. The second-order valence-electron chi connectivity index (χ2n) is 9.98. The van der Waals surface area contributed by atoms with Gasteiger partial charge in [-0.05, 0) is 77.5 Å². The van der Waals surface area contributed by atoms with Gasteiger partial charge < -0.3 is 66.5 Å². The van der Waals surface area contributed by atoms with E-state index in [1.165, 1.54) is 77.0 Å². The topological polar surface area (TPSA) is 296 Å². The SMILES string of the molecule is CCCCCCCC(=O)[O-].CCCCCCCC(=O)[O-].N.N.N.N.NCCCCCCNCCNCCCCCCN.[Pt].[Pt]. The molecule has 0 bridgehead atoms. The second kappa shape index (κ2) is 65.6. The Balaban J connectivity index is -0.0000000592. The fourth-order valence-electron chi connectivity index (χ4n) is 3.67. The van der Waals surface area contributed by atoms with Crippen molar-refractivity contribution in [2.24, 2.45) is 11.5 Å². The summed E-state index contributed by atoms with van der Waals surface area (Å²) in [6.07, 6.45) is 21.3. The Hall–Kier alpha value is -0.00338. The van der Waals surface area contributed by atoms with E-state index in [9.17, 15) is 19.8 Å². The third-order valence-electron chi connectivity index (χ3n) is 6.06. The average Bonchev–Trinajstić information content (AvgIpc) is 2.89. The standard InChI is InChI=1S/C14H34N4.2C8H16O2.4H3N.2Pt/c15-9-5-1-3-7-11-17-13-14-18-12-8-4-2-6-10-16;2*1-2-3-4-5-6-7-8(9)10;;;;;;/h17-18H,1-16H2;2*2-7H2,1H3,(H,9,10);4*1H3;;/p-2. The van der Waals surface area contributed by atoms with Crippen LogP contribution in [0.2, 0.25) is 0 Å². The maximum absolute atomic E-state index is 9.92. The van der Waals surface area contributed by atoms with Crippen LogP contribution in [0.3, 0.4) is 0 Å². The molecule has 14 heteroatoms. The third-order valence-corrected chi connectivity index (χ3v) is 6.06. The zero-order chi connectivity index (χ0) is 29.0. The van der Waals surface area contributed by atoms with Crippen molar-refractivity contribution in [2.45, 2.75) is 142 Å². The predicted octanol–water partition coefficient (Wildman–Crippen LogP) is 4.04. The largest absolute Gasteiger partial charge is 0.550 e. The van der Waals surface area contributed by atoms with Gasteiger partial charge in [0, 0.05) is 67.2 Å². The number of rotatable bonds is 27. The molecule has 0 fully saturated rings. The Morgan fingerprint density at radius 2 is 0.727 bits per heavy atom. The van der Waals surface area contributed by atoms with E-state index in [4.69, 9.17) is 11.5 Å². The number of nitrogens with two attached hydrogens (primary N) is 2. The van der Waals surface area contributed by atoms with Crippen LogP contribution in [0, 0.1) is 0 Å². The summed E-state index contributed by atoms with van der Waals surface area (Å²) in [5.41, 5.74) is 10.9. The first kappa shape index (κ1) is 66.4. The van der Waals surface area contributed by atoms with Gasteiger partial charge in [-0.2, -0.15) is 0 Å². The molecule has 0 amide bonds. The molecule has 0 spiro atoms. The van der Waals surface area contributed by atoms with Crippen molar-refractivity contribution in [1.29, 1.82) is 0 Å². The van der Waals surface area contributed by atoms with Gasteiger partial charge in [-0.3, -0.25) is 0 Å². The van der Waals surface area contributed by atoms with Gasteiger partial charge in [0.2, 0.25) is 0 Å². The van der Waals surface area contributed by atoms with Gasteiger partial charge in [-0.15, -0.1) is 0 Å². The van der Waals surface area contributed by atoms with Crippen molar-refractivity contribution in [3.8, 4) is 0 Å². The van der Waals surface area contributed by atoms with E-state index in [2.05, 4.69) is 24.5 Å². The molecule has 0 radical (unpaired) electrons. The molecule has 0 aliphatic rings. The fourth-order valence-corrected chi connectivity index (χ4v) is 3.67. The quantitative estimate of drug-likeness (QED) is 0.0541. The van der Waals surface area contributed by atoms with Crippen molar-refractivity contribution in [1.82, 2.24) is 35.2 Å². The number of hydrogen-bond donors (Lipinski definition) is 8. The molecule has 0 aromatic carbocycles. The van der Waals surface area contributed by atoms with Gasteiger partial charge >= 0.3 is 0 Å². The molecule has 0 unspecified atom stereocenters. The predicted molar refractivity (Wildman–Crippen MR) is 178 cm³/mol. The van der Waals surface area contributed by atoms with Gasteiger partial charge in [0.15, 0.2) is 0 Å². The maximum atomic E-state index is 9.92. The average molecular weight is 1000 g/mol. The van der Waals surface area contributed by atoms with Gasteiger partial charge in [0.1, 0.15) is 0 Å². The van der Waals surface area contributed by atoms with Crippen LogP contribution < -0.4 is 56.9 Å². The molecular weight excluding hydrogens is 927 g/mol. The number of aliphatic carboxylic acids is 2. The summed E-state index contributed by atoms with van der Waals surface area (Å²) in [5.74, 6) is -1.84. The number of carboxylic acids is 2. The molecular formula is C30H76N8O4Pt2-2. The summed E-state index contributed by atoms with van der Waals surface area (Å²) in [4.78, 5) is 19.8. The van der Waals surface area contributed by atoms with Crippen LogP contribution in [0.5, 0.6) is 0 Å². The molecule has 0 heterocycles. The molecule has 0 saturated heterocycles. The number of hydrogen-bond acceptors (Lipinski definition) is 12. The van der Waals surface area contributed by atoms with E-state index in [-0.39, 0.29) is 79.6 Å². The summed E-state index contributed by atoms with van der Waals surface area (Å²) >= 11 is 0. The van der Waals surface area contributed by atoms with Crippen LogP contribution in [0.15, 0.2) is 0 Å². The van der Waals surface area contributed by atoms with Crippen LogP contribution >= 0.6 is 0 Å². The number of unbranched alkanes of at least 4 members (excludes halogenated alkanes) is 14. The van der Waals surface area contributed by atoms with Crippen LogP contribution in [0.1, 0.15) is 142 Å². The molecule has 12 nitrogen and oxygen atoms in total. The van der Waals surface area contributed by atoms with Gasteiger partial charge in [-0.25, -0.2) is 0 Å². The third kappa shape index (κ3) is 83.9. The molecule has 0 aromatic heterocycles. The molecule has 0 saturated carbocycles. The number of nitrogens with one attached hydrogen (secondary N) is 2. The van der Waals surface area contributed by atoms with E-state index < -0.39 is 11.9 Å². The number of carboxylic acid groups (broad SMARTS) is 2. The Kier molecular flexibility index (Phi) is 99.0. The van der Waals surface area contributed by atoms with Crippen LogP contribution in [-0.2, 0) is 51.7 Å². The van der Waals surface area contributed by atoms with Gasteiger partial charge in [-0.1, -0.05) is 90.9 Å². The first-order chi connectivity index (χ1) is 18.5. The first-order valence-electron chi connectivity index (χ1n) is 15.7. The fraction of sp³-hybridized carbons (Fsp3) is 0.933. The molecule has 44 heavy (non-hydrogen) atoms. The van der Waals surface area contributed by atoms with Crippen molar-refractivity contribution >= 4 is 11.9 Å². The summed E-state index contributed by atoms with van der Waals surface area (Å²) < 4.78 is 0. The van der Waals surface area contributed by atoms with Crippen molar-refractivity contribution in [3.05, 3.63) is 0 Å². The maximum Gasteiger partial charge on any atom is 0.0414 e. The Bertz CT molecular complexity index is 437. The molecule has 282 valence electrons. The van der Waals surface area contributed by atoms with Crippen LogP contribution in [0.4, 0.5) is 0 Å². The molecule has 0 aromatic rings. The minimum Gasteiger partial charge on any atom is -0.550 e. The van der Waals surface area contributed by atoms with E-state index in [0.717, 1.165) is 77.8 Å². The summed E-state index contributed by atoms with van der Waals surface area (Å²) in [5, 5.41) is 26.8. The van der Waals surface area contributed by atoms with E-state index in [0.29, 0.717) is 0 Å². The van der Waals surface area contributed by atoms with E-state index in [1.54, 1.807) is 0 Å². The second-order valence-corrected chi connectivity index (χ2v) is 9.98. The smallest absolute Gasteiger partial charge is 0.0414 e. The summed E-state index contributed by atoms with van der Waals surface area (Å²) in [7, 11) is 0. The zero-order valence-corrected chi connectivity index (χ0v) is 33.2. The molecule has 0 aliphatic heterocycles. The van der Waals surface area contributed by atoms with Crippen LogP contribution in [-0.4, -0.2) is 51.2 Å². The van der Waals surface area contributed by atoms with E-state index in [1.807, 2.05) is 0 Å². The normalized spacial score (nSPS) is 8.91. The minimum absolute atomic E-state index is 0. The monoisotopic (exact) mass is 1000 g/mol. The van der Waals surface area contributed by atoms with Gasteiger partial charge in [0.25, 0.3) is 0 Å². The summed E-state index contributed by atoms with van der Waals surface area (Å²) in [6.45, 7) is 10.4. The first-order valence-corrected chi connectivity index (χ1v) is 15.7. The minimum atomic E-state index is -0.920. The van der Waals surface area contributed by atoms with Crippen molar-refractivity contribution < 1.29 is 61.9 Å².